The highest BCUT2D eigenvalue weighted by atomic mass is 19.2. The topological polar surface area (TPSA) is 3.01 Å². The van der Waals surface area contributed by atoms with Gasteiger partial charge in [-0.15, -0.1) is 22.8 Å². The molecule has 49 heavy (non-hydrogen) atoms. The van der Waals surface area contributed by atoms with E-state index < -0.39 is 92.8 Å². The van der Waals surface area contributed by atoms with Crippen molar-refractivity contribution in [2.45, 2.75) is 71.9 Å². The van der Waals surface area contributed by atoms with Crippen molar-refractivity contribution in [3.05, 3.63) is 117 Å². The lowest BCUT2D eigenvalue weighted by Crippen LogP contribution is -2.67. The molecule has 2 aliphatic carbocycles. The molecular formula is C37H38BF10N. The minimum atomic E-state index is -4.08. The molecule has 0 heterocycles. The molecule has 0 spiro atoms. The van der Waals surface area contributed by atoms with Gasteiger partial charge in [0.15, 0.2) is 40.6 Å². The number of nitrogens with zero attached hydrogens (tertiary/aromatic N) is 1. The molecule has 0 aliphatic heterocycles. The van der Waals surface area contributed by atoms with Gasteiger partial charge in [0.25, 0.3) is 0 Å². The summed E-state index contributed by atoms with van der Waals surface area (Å²) in [6.07, 6.45) is 2.09. The van der Waals surface area contributed by atoms with E-state index in [4.69, 9.17) is 0 Å². The molecule has 0 N–H and O–H groups in total. The number of benzene rings is 3. The highest BCUT2D eigenvalue weighted by molar-refractivity contribution is 7.04. The molecule has 264 valence electrons. The molecule has 0 unspecified atom stereocenters. The minimum Gasteiger partial charge on any atom is -0.239 e. The van der Waals surface area contributed by atoms with Gasteiger partial charge in [-0.25, -0.2) is 48.5 Å². The van der Waals surface area contributed by atoms with Crippen molar-refractivity contribution in [2.75, 3.05) is 14.1 Å². The molecule has 2 aliphatic rings. The minimum absolute atomic E-state index is 0.265. The molecule has 3 aromatic rings. The highest BCUT2D eigenvalue weighted by Crippen LogP contribution is 2.53. The maximum absolute atomic E-state index is 16.0. The van der Waals surface area contributed by atoms with E-state index in [9.17, 15) is 26.3 Å². The molecule has 3 aromatic carbocycles. The Kier molecular flexibility index (Phi) is 11.3. The van der Waals surface area contributed by atoms with E-state index in [2.05, 4.69) is 13.8 Å². The lowest BCUT2D eigenvalue weighted by molar-refractivity contribution is -0.465. The standard InChI is InChI=1S/C32H26BF10N.C5H12/c1-32(2)14-18(44(3)4)19-16(32)10-11-17(19)33(13-12-15-8-6-5-7-9-15,20-22(34)26(38)30(42)27(39)23(20)35)21-24(36)28(40)31(43)29(41)25(21)37;1-3-5-4-2/h5-11,17H,12-14H2,1-4H3;3-5H2,1-2H3/t17-;/m0./s1. The summed E-state index contributed by atoms with van der Waals surface area (Å²) < 4.78 is 154. The highest BCUT2D eigenvalue weighted by Gasteiger charge is 2.53. The summed E-state index contributed by atoms with van der Waals surface area (Å²) in [4.78, 5) is 0. The average molecular weight is 698 g/mol. The molecule has 0 saturated carbocycles. The van der Waals surface area contributed by atoms with E-state index in [0.29, 0.717) is 23.3 Å². The molecule has 0 fully saturated rings. The Bertz CT molecular complexity index is 1710. The summed E-state index contributed by atoms with van der Waals surface area (Å²) >= 11 is 0. The predicted octanol–water partition coefficient (Wildman–Crippen LogP) is 9.46. The fraction of sp³-hybridized carbons (Fsp3) is 0.378. The van der Waals surface area contributed by atoms with Crippen LogP contribution in [0.25, 0.3) is 0 Å². The van der Waals surface area contributed by atoms with Crippen molar-refractivity contribution in [3.8, 4) is 0 Å². The SMILES string of the molecule is CCCCC.C[N+](C)=C1CC(C)(C)C2=C1[C@@H]([B-](CCc1ccccc1)(c1c(F)c(F)c(F)c(F)c1F)c1c(F)c(F)c(F)c(F)c1F)C=C2. The molecule has 0 bridgehead atoms. The number of allylic oxidation sites excluding steroid dienone is 4. The summed E-state index contributed by atoms with van der Waals surface area (Å²) in [5.74, 6) is -25.9. The van der Waals surface area contributed by atoms with Crippen LogP contribution >= 0.6 is 0 Å². The predicted molar refractivity (Wildman–Crippen MR) is 173 cm³/mol. The Morgan fingerprint density at radius 1 is 0.673 bits per heavy atom. The van der Waals surface area contributed by atoms with Crippen LogP contribution in [-0.4, -0.2) is 30.5 Å². The smallest absolute Gasteiger partial charge is 0.200 e. The Hall–Kier alpha value is -3.83. The molecule has 12 heteroatoms. The first-order chi connectivity index (χ1) is 23.0. The second-order valence-electron chi connectivity index (χ2n) is 13.6. The third-order valence-electron chi connectivity index (χ3n) is 9.85. The first-order valence-corrected chi connectivity index (χ1v) is 16.2. The van der Waals surface area contributed by atoms with Crippen LogP contribution in [0.4, 0.5) is 43.9 Å². The van der Waals surface area contributed by atoms with E-state index in [-0.39, 0.29) is 12.0 Å². The quantitative estimate of drug-likeness (QED) is 0.0726. The van der Waals surface area contributed by atoms with Gasteiger partial charge in [-0.2, -0.15) is 6.32 Å². The van der Waals surface area contributed by atoms with E-state index in [1.807, 2.05) is 13.8 Å². The zero-order valence-electron chi connectivity index (χ0n) is 28.2. The van der Waals surface area contributed by atoms with Crippen LogP contribution in [0.2, 0.25) is 12.1 Å². The largest absolute Gasteiger partial charge is 0.239 e. The van der Waals surface area contributed by atoms with Crippen LogP contribution in [0.3, 0.4) is 0 Å². The van der Waals surface area contributed by atoms with Gasteiger partial charge < -0.3 is 0 Å². The Morgan fingerprint density at radius 3 is 1.49 bits per heavy atom. The summed E-state index contributed by atoms with van der Waals surface area (Å²) in [7, 11) is 3.26. The summed E-state index contributed by atoms with van der Waals surface area (Å²) in [5, 5.41) is 0. The van der Waals surface area contributed by atoms with Crippen molar-refractivity contribution >= 4 is 22.8 Å². The van der Waals surface area contributed by atoms with E-state index in [1.54, 1.807) is 49.0 Å². The van der Waals surface area contributed by atoms with Gasteiger partial charge >= 0.3 is 0 Å². The maximum Gasteiger partial charge on any atom is 0.200 e. The van der Waals surface area contributed by atoms with Crippen LogP contribution in [0.1, 0.15) is 58.9 Å². The van der Waals surface area contributed by atoms with Crippen LogP contribution in [0.15, 0.2) is 53.6 Å². The van der Waals surface area contributed by atoms with Crippen molar-refractivity contribution in [1.29, 1.82) is 0 Å². The average Bonchev–Trinajstić information content (AvgIpc) is 3.64. The molecule has 0 radical (unpaired) electrons. The van der Waals surface area contributed by atoms with Gasteiger partial charge in [0, 0.05) is 6.42 Å². The summed E-state index contributed by atoms with van der Waals surface area (Å²) in [5.41, 5.74) is -2.18. The summed E-state index contributed by atoms with van der Waals surface area (Å²) in [6.45, 7) is 8.06. The summed E-state index contributed by atoms with van der Waals surface area (Å²) in [6, 6.07) is 7.88. The fourth-order valence-corrected chi connectivity index (χ4v) is 7.50. The molecule has 1 nitrogen and oxygen atoms in total. The lowest BCUT2D eigenvalue weighted by Gasteiger charge is -2.47. The maximum atomic E-state index is 16.0. The number of aryl methyl sites for hydroxylation is 1. The van der Waals surface area contributed by atoms with Crippen molar-refractivity contribution in [2.24, 2.45) is 5.41 Å². The molecule has 0 amide bonds. The fourth-order valence-electron chi connectivity index (χ4n) is 7.50. The van der Waals surface area contributed by atoms with Gasteiger partial charge in [-0.3, -0.25) is 0 Å². The second-order valence-corrected chi connectivity index (χ2v) is 13.6. The van der Waals surface area contributed by atoms with Crippen LogP contribution in [0.5, 0.6) is 0 Å². The van der Waals surface area contributed by atoms with Crippen molar-refractivity contribution in [1.82, 2.24) is 0 Å². The number of hydrogen-bond donors (Lipinski definition) is 0. The van der Waals surface area contributed by atoms with E-state index >= 15 is 17.6 Å². The molecule has 0 saturated heterocycles. The Balaban J connectivity index is 0.00000101. The number of hydrogen-bond acceptors (Lipinski definition) is 0. The number of halogens is 10. The van der Waals surface area contributed by atoms with Crippen molar-refractivity contribution in [3.63, 3.8) is 0 Å². The Labute approximate surface area is 280 Å². The normalized spacial score (nSPS) is 16.7. The Morgan fingerprint density at radius 2 is 1.10 bits per heavy atom. The van der Waals surface area contributed by atoms with E-state index in [0.717, 1.165) is 0 Å². The third kappa shape index (κ3) is 6.47. The van der Waals surface area contributed by atoms with Gasteiger partial charge in [0.2, 0.25) is 0 Å². The van der Waals surface area contributed by atoms with Gasteiger partial charge in [-0.1, -0.05) is 95.3 Å². The molecule has 0 aromatic heterocycles. The van der Waals surface area contributed by atoms with Crippen LogP contribution in [-0.2, 0) is 6.42 Å². The number of rotatable bonds is 8. The molecular weight excluding hydrogens is 659 g/mol. The molecule has 1 atom stereocenters. The van der Waals surface area contributed by atoms with Crippen LogP contribution in [0, 0.1) is 63.6 Å². The zero-order chi connectivity index (χ0) is 36.6. The lowest BCUT2D eigenvalue weighted by atomic mass is 9.10. The first kappa shape index (κ1) is 38.0. The monoisotopic (exact) mass is 697 g/mol. The second kappa shape index (κ2) is 14.6. The third-order valence-corrected chi connectivity index (χ3v) is 9.85. The van der Waals surface area contributed by atoms with Gasteiger partial charge in [0.05, 0.1) is 6.15 Å². The van der Waals surface area contributed by atoms with Crippen LogP contribution < -0.4 is 10.9 Å². The first-order valence-electron chi connectivity index (χ1n) is 16.2. The molecule has 5 rings (SSSR count). The van der Waals surface area contributed by atoms with Crippen molar-refractivity contribution < 1.29 is 48.5 Å². The van der Waals surface area contributed by atoms with Gasteiger partial charge in [-0.05, 0) is 16.6 Å². The number of unbranched alkanes of at least 4 members (excludes halogenated alkanes) is 2. The van der Waals surface area contributed by atoms with Gasteiger partial charge in [0.1, 0.15) is 37.4 Å². The zero-order valence-corrected chi connectivity index (χ0v) is 28.2. The van der Waals surface area contributed by atoms with E-state index in [1.165, 1.54) is 31.4 Å².